The van der Waals surface area contributed by atoms with Gasteiger partial charge >= 0.3 is 6.09 Å². The Kier molecular flexibility index (Phi) is 4.67. The molecule has 0 aromatic heterocycles. The number of nitrogens with one attached hydrogen (secondary N) is 1. The lowest BCUT2D eigenvalue weighted by atomic mass is 9.94. The maximum Gasteiger partial charge on any atom is 0.409 e. The molecule has 1 amide bonds. The van der Waals surface area contributed by atoms with Gasteiger partial charge in [-0.1, -0.05) is 0 Å². The zero-order chi connectivity index (χ0) is 9.97. The highest BCUT2D eigenvalue weighted by molar-refractivity contribution is 5.85. The summed E-state index contributed by atoms with van der Waals surface area (Å²) in [6, 6.07) is 0.508. The van der Waals surface area contributed by atoms with Crippen LogP contribution in [0.4, 0.5) is 4.79 Å². The van der Waals surface area contributed by atoms with Gasteiger partial charge in [-0.2, -0.15) is 0 Å². The number of hydrogen-bond donors (Lipinski definition) is 1. The first kappa shape index (κ1) is 12.6. The molecule has 2 aliphatic heterocycles. The molecule has 0 spiro atoms. The minimum Gasteiger partial charge on any atom is -0.450 e. The topological polar surface area (TPSA) is 41.6 Å². The van der Waals surface area contributed by atoms with Crippen LogP contribution in [-0.2, 0) is 4.74 Å². The van der Waals surface area contributed by atoms with Gasteiger partial charge in [-0.25, -0.2) is 4.79 Å². The third kappa shape index (κ3) is 2.75. The summed E-state index contributed by atoms with van der Waals surface area (Å²) >= 11 is 0. The largest absolute Gasteiger partial charge is 0.450 e. The molecule has 2 aliphatic rings. The molecule has 0 aromatic carbocycles. The lowest BCUT2D eigenvalue weighted by Crippen LogP contribution is -2.41. The number of hydrogen-bond acceptors (Lipinski definition) is 3. The molecule has 15 heavy (non-hydrogen) atoms. The Hall–Kier alpha value is -0.480. The van der Waals surface area contributed by atoms with Gasteiger partial charge in [0.05, 0.1) is 6.61 Å². The number of carbonyl (C=O) groups is 1. The van der Waals surface area contributed by atoms with Crippen LogP contribution < -0.4 is 5.32 Å². The number of fused-ring (bicyclic) bond motifs is 1. The number of halogens is 1. The summed E-state index contributed by atoms with van der Waals surface area (Å²) in [5, 5.41) is 3.46. The molecular formula is C10H19ClN2O2. The Morgan fingerprint density at radius 2 is 2.33 bits per heavy atom. The average molecular weight is 235 g/mol. The molecule has 2 fully saturated rings. The SMILES string of the molecule is CCOC(=O)N1C[C@H]2CCCN[C@H]2C1.Cl. The monoisotopic (exact) mass is 234 g/mol. The molecular weight excluding hydrogens is 216 g/mol. The number of piperidine rings is 1. The fourth-order valence-electron chi connectivity index (χ4n) is 2.41. The van der Waals surface area contributed by atoms with Crippen LogP contribution in [-0.4, -0.2) is 43.3 Å². The molecule has 0 aliphatic carbocycles. The number of amides is 1. The molecule has 4 nitrogen and oxygen atoms in total. The van der Waals surface area contributed by atoms with Gasteiger partial charge in [0, 0.05) is 19.1 Å². The van der Waals surface area contributed by atoms with Gasteiger partial charge in [0.15, 0.2) is 0 Å². The van der Waals surface area contributed by atoms with E-state index in [1.807, 2.05) is 11.8 Å². The van der Waals surface area contributed by atoms with E-state index in [-0.39, 0.29) is 18.5 Å². The number of nitrogens with zero attached hydrogens (tertiary/aromatic N) is 1. The van der Waals surface area contributed by atoms with E-state index >= 15 is 0 Å². The predicted molar refractivity (Wildman–Crippen MR) is 60.4 cm³/mol. The fraction of sp³-hybridized carbons (Fsp3) is 0.900. The quantitative estimate of drug-likeness (QED) is 0.743. The van der Waals surface area contributed by atoms with E-state index in [4.69, 9.17) is 4.74 Å². The van der Waals surface area contributed by atoms with Crippen molar-refractivity contribution in [1.82, 2.24) is 10.2 Å². The highest BCUT2D eigenvalue weighted by Gasteiger charge is 2.36. The number of likely N-dealkylation sites (tertiary alicyclic amines) is 1. The molecule has 2 saturated heterocycles. The summed E-state index contributed by atoms with van der Waals surface area (Å²) < 4.78 is 4.99. The van der Waals surface area contributed by atoms with Gasteiger partial charge in [0.1, 0.15) is 0 Å². The van der Waals surface area contributed by atoms with Crippen molar-refractivity contribution >= 4 is 18.5 Å². The van der Waals surface area contributed by atoms with E-state index in [0.717, 1.165) is 19.6 Å². The van der Waals surface area contributed by atoms with Crippen LogP contribution in [0.2, 0.25) is 0 Å². The molecule has 0 unspecified atom stereocenters. The molecule has 2 rings (SSSR count). The van der Waals surface area contributed by atoms with Crippen molar-refractivity contribution in [2.24, 2.45) is 5.92 Å². The first-order valence-corrected chi connectivity index (χ1v) is 5.46. The third-order valence-corrected chi connectivity index (χ3v) is 3.13. The highest BCUT2D eigenvalue weighted by Crippen LogP contribution is 2.25. The Labute approximate surface area is 96.7 Å². The maximum absolute atomic E-state index is 11.5. The first-order chi connectivity index (χ1) is 6.81. The highest BCUT2D eigenvalue weighted by atomic mass is 35.5. The van der Waals surface area contributed by atoms with Crippen molar-refractivity contribution in [3.05, 3.63) is 0 Å². The summed E-state index contributed by atoms with van der Waals surface area (Å²) in [5.74, 6) is 0.646. The van der Waals surface area contributed by atoms with E-state index in [1.54, 1.807) is 0 Å². The van der Waals surface area contributed by atoms with Crippen molar-refractivity contribution in [2.75, 3.05) is 26.2 Å². The first-order valence-electron chi connectivity index (χ1n) is 5.46. The molecule has 2 atom stereocenters. The van der Waals surface area contributed by atoms with Gasteiger partial charge in [-0.3, -0.25) is 0 Å². The van der Waals surface area contributed by atoms with Crippen LogP contribution in [0.15, 0.2) is 0 Å². The van der Waals surface area contributed by atoms with Crippen LogP contribution in [0.1, 0.15) is 19.8 Å². The zero-order valence-electron chi connectivity index (χ0n) is 9.07. The number of rotatable bonds is 1. The van der Waals surface area contributed by atoms with E-state index in [1.165, 1.54) is 12.8 Å². The van der Waals surface area contributed by atoms with Crippen molar-refractivity contribution in [3.8, 4) is 0 Å². The molecule has 0 bridgehead atoms. The molecule has 88 valence electrons. The molecule has 0 radical (unpaired) electrons. The normalized spacial score (nSPS) is 29.3. The van der Waals surface area contributed by atoms with E-state index < -0.39 is 0 Å². The number of ether oxygens (including phenoxy) is 1. The second-order valence-corrected chi connectivity index (χ2v) is 4.07. The second kappa shape index (κ2) is 5.56. The van der Waals surface area contributed by atoms with Crippen LogP contribution in [0.25, 0.3) is 0 Å². The summed E-state index contributed by atoms with van der Waals surface area (Å²) in [6.45, 7) is 5.11. The zero-order valence-corrected chi connectivity index (χ0v) is 9.89. The lowest BCUT2D eigenvalue weighted by Gasteiger charge is -2.24. The van der Waals surface area contributed by atoms with Crippen LogP contribution in [0.5, 0.6) is 0 Å². The van der Waals surface area contributed by atoms with E-state index in [0.29, 0.717) is 18.6 Å². The summed E-state index contributed by atoms with van der Waals surface area (Å²) in [7, 11) is 0. The van der Waals surface area contributed by atoms with Crippen molar-refractivity contribution < 1.29 is 9.53 Å². The Bertz CT molecular complexity index is 211. The second-order valence-electron chi connectivity index (χ2n) is 4.07. The Morgan fingerprint density at radius 1 is 1.53 bits per heavy atom. The molecule has 0 saturated carbocycles. The summed E-state index contributed by atoms with van der Waals surface area (Å²) in [4.78, 5) is 13.3. The van der Waals surface area contributed by atoms with E-state index in [9.17, 15) is 4.79 Å². The Balaban J connectivity index is 0.00000112. The van der Waals surface area contributed by atoms with Gasteiger partial charge < -0.3 is 15.0 Å². The molecule has 1 N–H and O–H groups in total. The summed E-state index contributed by atoms with van der Waals surface area (Å²) in [6.07, 6.45) is 2.33. The predicted octanol–water partition coefficient (Wildman–Crippen LogP) is 1.25. The smallest absolute Gasteiger partial charge is 0.409 e. The van der Waals surface area contributed by atoms with E-state index in [2.05, 4.69) is 5.32 Å². The number of carbonyl (C=O) groups excluding carboxylic acids is 1. The standard InChI is InChI=1S/C10H18N2O2.ClH/c1-2-14-10(13)12-6-8-4-3-5-11-9(8)7-12;/h8-9,11H,2-7H2,1H3;1H/t8-,9+;/m1./s1. The summed E-state index contributed by atoms with van der Waals surface area (Å²) in [5.41, 5.74) is 0. The van der Waals surface area contributed by atoms with Crippen molar-refractivity contribution in [1.29, 1.82) is 0 Å². The third-order valence-electron chi connectivity index (χ3n) is 3.13. The van der Waals surface area contributed by atoms with Gasteiger partial charge in [0.2, 0.25) is 0 Å². The van der Waals surface area contributed by atoms with Crippen LogP contribution >= 0.6 is 12.4 Å². The van der Waals surface area contributed by atoms with Gasteiger partial charge in [-0.15, -0.1) is 12.4 Å². The molecule has 0 aromatic rings. The van der Waals surface area contributed by atoms with Crippen molar-refractivity contribution in [2.45, 2.75) is 25.8 Å². The molecule has 5 heteroatoms. The van der Waals surface area contributed by atoms with Crippen LogP contribution in [0.3, 0.4) is 0 Å². The molecule has 2 heterocycles. The average Bonchev–Trinajstić information content (AvgIpc) is 2.61. The maximum atomic E-state index is 11.5. The minimum atomic E-state index is -0.149. The van der Waals surface area contributed by atoms with Gasteiger partial charge in [0.25, 0.3) is 0 Å². The fourth-order valence-corrected chi connectivity index (χ4v) is 2.41. The van der Waals surface area contributed by atoms with Gasteiger partial charge in [-0.05, 0) is 32.2 Å². The van der Waals surface area contributed by atoms with Crippen LogP contribution in [0, 0.1) is 5.92 Å². The van der Waals surface area contributed by atoms with Crippen molar-refractivity contribution in [3.63, 3.8) is 0 Å². The lowest BCUT2D eigenvalue weighted by molar-refractivity contribution is 0.114. The Morgan fingerprint density at radius 3 is 3.00 bits per heavy atom. The minimum absolute atomic E-state index is 0.